The first kappa shape index (κ1) is 14.6. The fraction of sp³-hybridized carbons (Fsp3) is 0.500. The summed E-state index contributed by atoms with van der Waals surface area (Å²) in [6.45, 7) is 7.68. The number of nitrogens with one attached hydrogen (secondary N) is 1. The first-order chi connectivity index (χ1) is 9.56. The van der Waals surface area contributed by atoms with Crippen LogP contribution < -0.4 is 5.32 Å². The van der Waals surface area contributed by atoms with Gasteiger partial charge >= 0.3 is 0 Å². The lowest BCUT2D eigenvalue weighted by atomic mass is 10.2. The number of halogens is 1. The lowest BCUT2D eigenvalue weighted by Gasteiger charge is -2.15. The van der Waals surface area contributed by atoms with Gasteiger partial charge in [-0.05, 0) is 47.5 Å². The van der Waals surface area contributed by atoms with Crippen molar-refractivity contribution in [1.82, 2.24) is 25.5 Å². The molecule has 1 aromatic heterocycles. The summed E-state index contributed by atoms with van der Waals surface area (Å²) >= 11 is 0. The Morgan fingerprint density at radius 2 is 2.10 bits per heavy atom. The molecule has 1 atom stereocenters. The van der Waals surface area contributed by atoms with Crippen LogP contribution in [0.5, 0.6) is 0 Å². The first-order valence-electron chi connectivity index (χ1n) is 6.80. The van der Waals surface area contributed by atoms with E-state index >= 15 is 0 Å². The number of aromatic nitrogens is 4. The van der Waals surface area contributed by atoms with Crippen LogP contribution in [0.15, 0.2) is 24.3 Å². The Balaban J connectivity index is 2.08. The summed E-state index contributed by atoms with van der Waals surface area (Å²) in [4.78, 5) is 0. The van der Waals surface area contributed by atoms with Crippen molar-refractivity contribution in [3.8, 4) is 0 Å². The standard InChI is InChI=1S/C14H20FN5/c1-10(2)8-16-11(3)14-17-18-19-20(14)9-12-5-4-6-13(15)7-12/h4-7,10-11,16H,8-9H2,1-3H3. The summed E-state index contributed by atoms with van der Waals surface area (Å²) in [5, 5.41) is 15.1. The minimum Gasteiger partial charge on any atom is -0.307 e. The Kier molecular flexibility index (Phi) is 4.79. The third-order valence-corrected chi connectivity index (χ3v) is 3.00. The lowest BCUT2D eigenvalue weighted by molar-refractivity contribution is 0.461. The van der Waals surface area contributed by atoms with E-state index < -0.39 is 0 Å². The number of benzene rings is 1. The predicted octanol–water partition coefficient (Wildman–Crippen LogP) is 2.17. The molecule has 2 aromatic rings. The molecule has 1 heterocycles. The van der Waals surface area contributed by atoms with Crippen LogP contribution >= 0.6 is 0 Å². The van der Waals surface area contributed by atoms with Crippen LogP contribution in [0.4, 0.5) is 4.39 Å². The molecule has 0 radical (unpaired) electrons. The van der Waals surface area contributed by atoms with E-state index in [9.17, 15) is 4.39 Å². The zero-order valence-electron chi connectivity index (χ0n) is 12.0. The van der Waals surface area contributed by atoms with Crippen LogP contribution in [0.1, 0.15) is 38.2 Å². The molecule has 0 aliphatic heterocycles. The van der Waals surface area contributed by atoms with Crippen molar-refractivity contribution in [3.05, 3.63) is 41.5 Å². The highest BCUT2D eigenvalue weighted by molar-refractivity contribution is 5.16. The predicted molar refractivity (Wildman–Crippen MR) is 74.6 cm³/mol. The van der Waals surface area contributed by atoms with Crippen molar-refractivity contribution in [2.24, 2.45) is 5.92 Å². The van der Waals surface area contributed by atoms with Crippen molar-refractivity contribution in [2.75, 3.05) is 6.54 Å². The minimum absolute atomic E-state index is 0.0564. The second-order valence-corrected chi connectivity index (χ2v) is 5.35. The lowest BCUT2D eigenvalue weighted by Crippen LogP contribution is -2.26. The van der Waals surface area contributed by atoms with Crippen LogP contribution in [0.25, 0.3) is 0 Å². The molecule has 5 nitrogen and oxygen atoms in total. The Morgan fingerprint density at radius 1 is 1.30 bits per heavy atom. The van der Waals surface area contributed by atoms with Crippen molar-refractivity contribution >= 4 is 0 Å². The number of rotatable bonds is 6. The molecule has 0 amide bonds. The molecule has 0 aliphatic carbocycles. The number of nitrogens with zero attached hydrogens (tertiary/aromatic N) is 4. The van der Waals surface area contributed by atoms with E-state index in [1.165, 1.54) is 12.1 Å². The van der Waals surface area contributed by atoms with E-state index in [1.807, 2.05) is 13.0 Å². The fourth-order valence-electron chi connectivity index (χ4n) is 1.95. The highest BCUT2D eigenvalue weighted by Gasteiger charge is 2.14. The molecular weight excluding hydrogens is 257 g/mol. The van der Waals surface area contributed by atoms with Gasteiger partial charge in [-0.15, -0.1) is 5.10 Å². The Labute approximate surface area is 118 Å². The summed E-state index contributed by atoms with van der Waals surface area (Å²) in [5.74, 6) is 1.07. The molecule has 1 aromatic carbocycles. The van der Waals surface area contributed by atoms with E-state index in [1.54, 1.807) is 10.7 Å². The van der Waals surface area contributed by atoms with Gasteiger partial charge in [-0.25, -0.2) is 9.07 Å². The summed E-state index contributed by atoms with van der Waals surface area (Å²) in [6, 6.07) is 6.53. The van der Waals surface area contributed by atoms with Crippen molar-refractivity contribution < 1.29 is 4.39 Å². The van der Waals surface area contributed by atoms with Crippen LogP contribution in [0.2, 0.25) is 0 Å². The van der Waals surface area contributed by atoms with Gasteiger partial charge in [0.05, 0.1) is 12.6 Å². The SMILES string of the molecule is CC(C)CNC(C)c1nnnn1Cc1cccc(F)c1. The zero-order valence-corrected chi connectivity index (χ0v) is 12.0. The second-order valence-electron chi connectivity index (χ2n) is 5.35. The summed E-state index contributed by atoms with van der Waals surface area (Å²) < 4.78 is 14.9. The normalized spacial score (nSPS) is 12.8. The van der Waals surface area contributed by atoms with Crippen LogP contribution in [-0.4, -0.2) is 26.8 Å². The van der Waals surface area contributed by atoms with Gasteiger partial charge in [-0.2, -0.15) is 0 Å². The molecular formula is C14H20FN5. The molecule has 1 unspecified atom stereocenters. The molecule has 6 heteroatoms. The number of hydrogen-bond donors (Lipinski definition) is 1. The van der Waals surface area contributed by atoms with Gasteiger partial charge in [-0.1, -0.05) is 26.0 Å². The maximum atomic E-state index is 13.2. The zero-order chi connectivity index (χ0) is 14.5. The van der Waals surface area contributed by atoms with E-state index in [2.05, 4.69) is 34.7 Å². The first-order valence-corrected chi connectivity index (χ1v) is 6.80. The Morgan fingerprint density at radius 3 is 2.80 bits per heavy atom. The molecule has 0 bridgehead atoms. The maximum Gasteiger partial charge on any atom is 0.168 e. The van der Waals surface area contributed by atoms with Crippen LogP contribution in [-0.2, 0) is 6.54 Å². The van der Waals surface area contributed by atoms with Crippen molar-refractivity contribution in [2.45, 2.75) is 33.4 Å². The third-order valence-electron chi connectivity index (χ3n) is 3.00. The summed E-state index contributed by atoms with van der Waals surface area (Å²) in [5.41, 5.74) is 0.842. The molecule has 0 fully saturated rings. The van der Waals surface area contributed by atoms with Gasteiger partial charge in [0.15, 0.2) is 5.82 Å². The molecule has 0 aliphatic rings. The minimum atomic E-state index is -0.247. The highest BCUT2D eigenvalue weighted by Crippen LogP contribution is 2.11. The average Bonchev–Trinajstić information content (AvgIpc) is 2.84. The molecule has 1 N–H and O–H groups in total. The van der Waals surface area contributed by atoms with Crippen molar-refractivity contribution in [3.63, 3.8) is 0 Å². The van der Waals surface area contributed by atoms with E-state index in [0.29, 0.717) is 12.5 Å². The average molecular weight is 277 g/mol. The van der Waals surface area contributed by atoms with Crippen molar-refractivity contribution in [1.29, 1.82) is 0 Å². The second kappa shape index (κ2) is 6.56. The Bertz CT molecular complexity index is 552. The maximum absolute atomic E-state index is 13.2. The molecule has 2 rings (SSSR count). The summed E-state index contributed by atoms with van der Waals surface area (Å²) in [7, 11) is 0. The quantitative estimate of drug-likeness (QED) is 0.879. The molecule has 0 spiro atoms. The molecule has 20 heavy (non-hydrogen) atoms. The topological polar surface area (TPSA) is 55.6 Å². The highest BCUT2D eigenvalue weighted by atomic mass is 19.1. The van der Waals surface area contributed by atoms with E-state index in [0.717, 1.165) is 17.9 Å². The number of hydrogen-bond acceptors (Lipinski definition) is 4. The monoisotopic (exact) mass is 277 g/mol. The van der Waals surface area contributed by atoms with Gasteiger partial charge in [-0.3, -0.25) is 0 Å². The molecule has 0 saturated carbocycles. The largest absolute Gasteiger partial charge is 0.307 e. The third kappa shape index (κ3) is 3.84. The van der Waals surface area contributed by atoms with E-state index in [-0.39, 0.29) is 11.9 Å². The van der Waals surface area contributed by atoms with Gasteiger partial charge in [0.2, 0.25) is 0 Å². The Hall–Kier alpha value is -1.82. The van der Waals surface area contributed by atoms with Gasteiger partial charge < -0.3 is 5.32 Å². The van der Waals surface area contributed by atoms with Crippen LogP contribution in [0, 0.1) is 11.7 Å². The van der Waals surface area contributed by atoms with Gasteiger partial charge in [0.1, 0.15) is 5.82 Å². The van der Waals surface area contributed by atoms with Gasteiger partial charge in [0, 0.05) is 0 Å². The molecule has 108 valence electrons. The fourth-order valence-corrected chi connectivity index (χ4v) is 1.95. The smallest absolute Gasteiger partial charge is 0.168 e. The van der Waals surface area contributed by atoms with Crippen LogP contribution in [0.3, 0.4) is 0 Å². The van der Waals surface area contributed by atoms with E-state index in [4.69, 9.17) is 0 Å². The summed E-state index contributed by atoms with van der Waals surface area (Å²) in [6.07, 6.45) is 0. The van der Waals surface area contributed by atoms with Gasteiger partial charge in [0.25, 0.3) is 0 Å². The number of tetrazole rings is 1. The molecule has 0 saturated heterocycles.